The van der Waals surface area contributed by atoms with Gasteiger partial charge < -0.3 is 9.47 Å². The Morgan fingerprint density at radius 3 is 2.62 bits per heavy atom. The van der Waals surface area contributed by atoms with E-state index in [1.165, 1.54) is 6.07 Å². The van der Waals surface area contributed by atoms with Crippen molar-refractivity contribution in [1.82, 2.24) is 10.2 Å². The molecular formula is C27H23FN2O2. The molecule has 1 aliphatic rings. The highest BCUT2D eigenvalue weighted by molar-refractivity contribution is 5.44. The van der Waals surface area contributed by atoms with Gasteiger partial charge >= 0.3 is 0 Å². The molecule has 0 aliphatic heterocycles. The summed E-state index contributed by atoms with van der Waals surface area (Å²) in [6.45, 7) is 0.826. The molecule has 0 bridgehead atoms. The van der Waals surface area contributed by atoms with Crippen molar-refractivity contribution in [1.29, 1.82) is 0 Å². The molecule has 0 N–H and O–H groups in total. The van der Waals surface area contributed by atoms with E-state index in [0.29, 0.717) is 36.1 Å². The lowest BCUT2D eigenvalue weighted by molar-refractivity contribution is 0.233. The number of ether oxygens (including phenoxy) is 2. The minimum absolute atomic E-state index is 0.261. The molecule has 0 saturated heterocycles. The lowest BCUT2D eigenvalue weighted by atomic mass is 10.1. The summed E-state index contributed by atoms with van der Waals surface area (Å²) in [5.74, 6) is 6.33. The van der Waals surface area contributed by atoms with Gasteiger partial charge in [0.1, 0.15) is 18.1 Å². The zero-order valence-corrected chi connectivity index (χ0v) is 17.6. The van der Waals surface area contributed by atoms with Crippen LogP contribution in [0.4, 0.5) is 4.39 Å². The van der Waals surface area contributed by atoms with Gasteiger partial charge in [-0.05, 0) is 36.5 Å². The van der Waals surface area contributed by atoms with Crippen molar-refractivity contribution in [2.45, 2.75) is 19.4 Å². The first-order valence-corrected chi connectivity index (χ1v) is 10.5. The maximum absolute atomic E-state index is 13.9. The van der Waals surface area contributed by atoms with Crippen LogP contribution < -0.4 is 9.47 Å². The molecule has 3 aromatic rings. The predicted octanol–water partition coefficient (Wildman–Crippen LogP) is 5.50. The largest absolute Gasteiger partial charge is 0.487 e. The van der Waals surface area contributed by atoms with Gasteiger partial charge in [0.15, 0.2) is 5.75 Å². The summed E-state index contributed by atoms with van der Waals surface area (Å²) < 4.78 is 25.8. The van der Waals surface area contributed by atoms with Crippen LogP contribution in [0.1, 0.15) is 29.7 Å². The molecule has 2 aromatic carbocycles. The maximum Gasteiger partial charge on any atom is 0.276 e. The third-order valence-corrected chi connectivity index (χ3v) is 4.88. The van der Waals surface area contributed by atoms with E-state index in [4.69, 9.17) is 9.47 Å². The average molecular weight is 426 g/mol. The van der Waals surface area contributed by atoms with Crippen molar-refractivity contribution in [3.63, 3.8) is 0 Å². The Kier molecular flexibility index (Phi) is 7.28. The number of hydrogen-bond donors (Lipinski definition) is 0. The highest BCUT2D eigenvalue weighted by Crippen LogP contribution is 2.26. The van der Waals surface area contributed by atoms with E-state index < -0.39 is 0 Å². The van der Waals surface area contributed by atoms with Crippen LogP contribution in [0.25, 0.3) is 0 Å². The van der Waals surface area contributed by atoms with Crippen molar-refractivity contribution in [2.75, 3.05) is 6.61 Å². The normalized spacial score (nSPS) is 14.8. The van der Waals surface area contributed by atoms with Crippen LogP contribution in [0.5, 0.6) is 11.6 Å². The fourth-order valence-corrected chi connectivity index (χ4v) is 3.16. The van der Waals surface area contributed by atoms with Gasteiger partial charge in [-0.2, -0.15) is 0 Å². The topological polar surface area (TPSA) is 44.2 Å². The molecule has 4 nitrogen and oxygen atoms in total. The first kappa shape index (κ1) is 21.3. The standard InChI is InChI=1S/C27H23FN2O2/c28-25-15-9-8-14-23(25)16-17-24-18-26(31-19-21-10-4-1-2-5-11-21)27(30-29-24)32-20-22-12-6-3-7-13-22/h1,3-9,11-15,18,21H,2,10,19-20H2. The quantitative estimate of drug-likeness (QED) is 0.386. The summed E-state index contributed by atoms with van der Waals surface area (Å²) in [4.78, 5) is 0. The molecular weight excluding hydrogens is 403 g/mol. The molecule has 1 aromatic heterocycles. The third kappa shape index (κ3) is 6.05. The minimum atomic E-state index is -0.375. The van der Waals surface area contributed by atoms with Crippen LogP contribution in [0.3, 0.4) is 0 Å². The number of allylic oxidation sites excluding steroid dienone is 3. The number of benzene rings is 2. The van der Waals surface area contributed by atoms with Gasteiger partial charge in [-0.1, -0.05) is 72.7 Å². The maximum atomic E-state index is 13.9. The fraction of sp³-hybridized carbons (Fsp3) is 0.185. The van der Waals surface area contributed by atoms with Crippen LogP contribution in [0.15, 0.2) is 85.0 Å². The molecule has 0 amide bonds. The molecule has 5 heteroatoms. The zero-order valence-electron chi connectivity index (χ0n) is 17.6. The van der Waals surface area contributed by atoms with E-state index in [-0.39, 0.29) is 11.7 Å². The summed E-state index contributed by atoms with van der Waals surface area (Å²) in [6, 6.07) is 17.9. The van der Waals surface area contributed by atoms with Crippen molar-refractivity contribution in [3.05, 3.63) is 108 Å². The Hall–Kier alpha value is -3.91. The molecule has 0 saturated carbocycles. The Labute approximate surface area is 187 Å². The van der Waals surface area contributed by atoms with E-state index in [1.54, 1.807) is 24.3 Å². The van der Waals surface area contributed by atoms with Crippen LogP contribution in [0.2, 0.25) is 0 Å². The molecule has 1 aliphatic carbocycles. The van der Waals surface area contributed by atoms with E-state index in [0.717, 1.165) is 18.4 Å². The predicted molar refractivity (Wildman–Crippen MR) is 122 cm³/mol. The van der Waals surface area contributed by atoms with Gasteiger partial charge in [0.05, 0.1) is 12.2 Å². The Balaban J connectivity index is 1.54. The summed E-state index contributed by atoms with van der Waals surface area (Å²) >= 11 is 0. The minimum Gasteiger partial charge on any atom is -0.487 e. The number of halogens is 1. The molecule has 0 radical (unpaired) electrons. The van der Waals surface area contributed by atoms with Crippen LogP contribution in [-0.2, 0) is 6.61 Å². The van der Waals surface area contributed by atoms with E-state index in [1.807, 2.05) is 30.3 Å². The van der Waals surface area contributed by atoms with Crippen molar-refractivity contribution < 1.29 is 13.9 Å². The molecule has 1 heterocycles. The van der Waals surface area contributed by atoms with E-state index in [9.17, 15) is 4.39 Å². The summed E-state index contributed by atoms with van der Waals surface area (Å²) in [5.41, 5.74) is 1.70. The molecule has 1 unspecified atom stereocenters. The number of hydrogen-bond acceptors (Lipinski definition) is 4. The SMILES string of the molecule is Fc1ccccc1C#Cc1cc(OCC2C=CCC=CC2)c(OCc2ccccc2)nn1. The average Bonchev–Trinajstić information content (AvgIpc) is 3.11. The number of nitrogens with zero attached hydrogens (tertiary/aromatic N) is 2. The molecule has 0 spiro atoms. The van der Waals surface area contributed by atoms with Crippen LogP contribution in [-0.4, -0.2) is 16.8 Å². The second-order valence-corrected chi connectivity index (χ2v) is 7.35. The van der Waals surface area contributed by atoms with Gasteiger partial charge in [-0.25, -0.2) is 4.39 Å². The second kappa shape index (κ2) is 10.9. The first-order valence-electron chi connectivity index (χ1n) is 10.5. The lowest BCUT2D eigenvalue weighted by Crippen LogP contribution is -2.11. The van der Waals surface area contributed by atoms with Gasteiger partial charge in [-0.15, -0.1) is 10.2 Å². The van der Waals surface area contributed by atoms with Gasteiger partial charge in [0.25, 0.3) is 5.88 Å². The summed E-state index contributed by atoms with van der Waals surface area (Å²) in [6.07, 6.45) is 10.5. The smallest absolute Gasteiger partial charge is 0.276 e. The molecule has 1 atom stereocenters. The van der Waals surface area contributed by atoms with E-state index in [2.05, 4.69) is 46.3 Å². The number of aromatic nitrogens is 2. The molecule has 0 fully saturated rings. The monoisotopic (exact) mass is 426 g/mol. The second-order valence-electron chi connectivity index (χ2n) is 7.35. The van der Waals surface area contributed by atoms with Crippen molar-refractivity contribution >= 4 is 0 Å². The number of rotatable bonds is 6. The molecule has 4 rings (SSSR count). The van der Waals surface area contributed by atoms with Crippen molar-refractivity contribution in [2.24, 2.45) is 5.92 Å². The van der Waals surface area contributed by atoms with Gasteiger partial charge in [-0.3, -0.25) is 0 Å². The van der Waals surface area contributed by atoms with Crippen molar-refractivity contribution in [3.8, 4) is 23.5 Å². The molecule has 160 valence electrons. The third-order valence-electron chi connectivity index (χ3n) is 4.88. The highest BCUT2D eigenvalue weighted by atomic mass is 19.1. The van der Waals surface area contributed by atoms with E-state index >= 15 is 0 Å². The first-order chi connectivity index (χ1) is 15.8. The zero-order chi connectivity index (χ0) is 22.0. The van der Waals surface area contributed by atoms with Gasteiger partial charge in [0, 0.05) is 12.0 Å². The lowest BCUT2D eigenvalue weighted by Gasteiger charge is -2.14. The Bertz CT molecular complexity index is 1160. The molecule has 32 heavy (non-hydrogen) atoms. The van der Waals surface area contributed by atoms with Crippen LogP contribution in [0, 0.1) is 23.6 Å². The fourth-order valence-electron chi connectivity index (χ4n) is 3.16. The summed E-state index contributed by atoms with van der Waals surface area (Å²) in [5, 5.41) is 8.32. The Morgan fingerprint density at radius 2 is 1.75 bits per heavy atom. The van der Waals surface area contributed by atoms with Crippen LogP contribution >= 0.6 is 0 Å². The summed E-state index contributed by atoms with van der Waals surface area (Å²) in [7, 11) is 0. The van der Waals surface area contributed by atoms with Gasteiger partial charge in [0.2, 0.25) is 0 Å². The highest BCUT2D eigenvalue weighted by Gasteiger charge is 2.13. The Morgan fingerprint density at radius 1 is 0.906 bits per heavy atom.